The van der Waals surface area contributed by atoms with Gasteiger partial charge in [0.15, 0.2) is 0 Å². The van der Waals surface area contributed by atoms with Crippen LogP contribution in [0, 0.1) is 11.3 Å². The fraction of sp³-hybridized carbons (Fsp3) is 1.00. The van der Waals surface area contributed by atoms with Gasteiger partial charge in [0.2, 0.25) is 0 Å². The van der Waals surface area contributed by atoms with E-state index in [-0.39, 0.29) is 0 Å². The lowest BCUT2D eigenvalue weighted by molar-refractivity contribution is 0.131. The first kappa shape index (κ1) is 12.4. The molecular formula is C14H28N2. The molecule has 16 heavy (non-hydrogen) atoms. The molecule has 1 saturated heterocycles. The average Bonchev–Trinajstić information content (AvgIpc) is 3.02. The summed E-state index contributed by atoms with van der Waals surface area (Å²) in [4.78, 5) is 2.66. The first-order valence-electron chi connectivity index (χ1n) is 7.01. The molecule has 94 valence electrons. The van der Waals surface area contributed by atoms with Crippen molar-refractivity contribution in [1.29, 1.82) is 0 Å². The van der Waals surface area contributed by atoms with Crippen LogP contribution < -0.4 is 5.32 Å². The van der Waals surface area contributed by atoms with Gasteiger partial charge in [-0.2, -0.15) is 0 Å². The molecule has 0 radical (unpaired) electrons. The highest BCUT2D eigenvalue weighted by Gasteiger charge is 2.27. The molecule has 1 N–H and O–H groups in total. The summed E-state index contributed by atoms with van der Waals surface area (Å²) in [7, 11) is 0. The van der Waals surface area contributed by atoms with E-state index in [0.717, 1.165) is 12.0 Å². The van der Waals surface area contributed by atoms with Gasteiger partial charge in [-0.25, -0.2) is 0 Å². The second-order valence-corrected chi connectivity index (χ2v) is 6.78. The Kier molecular flexibility index (Phi) is 3.91. The fourth-order valence-electron chi connectivity index (χ4n) is 2.59. The van der Waals surface area contributed by atoms with Crippen molar-refractivity contribution in [2.24, 2.45) is 11.3 Å². The summed E-state index contributed by atoms with van der Waals surface area (Å²) in [6, 6.07) is 0.848. The van der Waals surface area contributed by atoms with Crippen molar-refractivity contribution in [2.75, 3.05) is 26.2 Å². The molecule has 1 heterocycles. The van der Waals surface area contributed by atoms with Gasteiger partial charge < -0.3 is 10.2 Å². The van der Waals surface area contributed by atoms with Gasteiger partial charge in [0, 0.05) is 19.1 Å². The summed E-state index contributed by atoms with van der Waals surface area (Å²) in [5.74, 6) is 0.948. The van der Waals surface area contributed by atoms with Crippen molar-refractivity contribution in [3.05, 3.63) is 0 Å². The van der Waals surface area contributed by atoms with Crippen molar-refractivity contribution in [3.8, 4) is 0 Å². The summed E-state index contributed by atoms with van der Waals surface area (Å²) in [6.45, 7) is 12.3. The minimum absolute atomic E-state index is 0.434. The van der Waals surface area contributed by atoms with Crippen molar-refractivity contribution in [2.45, 2.75) is 52.5 Å². The van der Waals surface area contributed by atoms with Gasteiger partial charge in [0.05, 0.1) is 0 Å². The topological polar surface area (TPSA) is 15.3 Å². The minimum Gasteiger partial charge on any atom is -0.313 e. The summed E-state index contributed by atoms with van der Waals surface area (Å²) in [6.07, 6.45) is 5.59. The smallest absolute Gasteiger partial charge is 0.00684 e. The van der Waals surface area contributed by atoms with Gasteiger partial charge in [-0.1, -0.05) is 20.8 Å². The molecule has 0 aromatic rings. The maximum Gasteiger partial charge on any atom is 0.00684 e. The number of hydrogen-bond acceptors (Lipinski definition) is 2. The number of nitrogens with one attached hydrogen (secondary N) is 1. The maximum atomic E-state index is 3.67. The van der Waals surface area contributed by atoms with E-state index in [4.69, 9.17) is 0 Å². The van der Waals surface area contributed by atoms with Crippen LogP contribution in [0.4, 0.5) is 0 Å². The van der Waals surface area contributed by atoms with Crippen LogP contribution >= 0.6 is 0 Å². The van der Waals surface area contributed by atoms with Gasteiger partial charge in [-0.3, -0.25) is 0 Å². The Bertz CT molecular complexity index is 213. The molecule has 0 unspecified atom stereocenters. The predicted molar refractivity (Wildman–Crippen MR) is 69.6 cm³/mol. The number of rotatable bonds is 5. The van der Waals surface area contributed by atoms with E-state index < -0.39 is 0 Å². The van der Waals surface area contributed by atoms with Crippen LogP contribution in [0.2, 0.25) is 0 Å². The van der Waals surface area contributed by atoms with E-state index in [0.29, 0.717) is 5.41 Å². The van der Waals surface area contributed by atoms with Crippen LogP contribution in [-0.2, 0) is 0 Å². The lowest BCUT2D eigenvalue weighted by Crippen LogP contribution is -2.43. The van der Waals surface area contributed by atoms with E-state index >= 15 is 0 Å². The number of nitrogens with zero attached hydrogens (tertiary/aromatic N) is 1. The third-order valence-corrected chi connectivity index (χ3v) is 3.97. The van der Waals surface area contributed by atoms with E-state index in [1.165, 1.54) is 51.9 Å². The second kappa shape index (κ2) is 5.05. The quantitative estimate of drug-likeness (QED) is 0.772. The van der Waals surface area contributed by atoms with E-state index in [1.807, 2.05) is 0 Å². The lowest BCUT2D eigenvalue weighted by Gasteiger charge is -2.36. The number of likely N-dealkylation sites (tertiary alicyclic amines) is 1. The number of hydrogen-bond donors (Lipinski definition) is 1. The Morgan fingerprint density at radius 3 is 2.31 bits per heavy atom. The molecule has 0 spiro atoms. The van der Waals surface area contributed by atoms with Crippen LogP contribution in [0.5, 0.6) is 0 Å². The molecule has 2 fully saturated rings. The monoisotopic (exact) mass is 224 g/mol. The van der Waals surface area contributed by atoms with Crippen molar-refractivity contribution < 1.29 is 0 Å². The molecular weight excluding hydrogens is 196 g/mol. The molecule has 0 atom stereocenters. The zero-order valence-corrected chi connectivity index (χ0v) is 11.3. The van der Waals surface area contributed by atoms with Crippen molar-refractivity contribution in [1.82, 2.24) is 10.2 Å². The van der Waals surface area contributed by atoms with Gasteiger partial charge in [0.1, 0.15) is 0 Å². The van der Waals surface area contributed by atoms with Gasteiger partial charge >= 0.3 is 0 Å². The highest BCUT2D eigenvalue weighted by molar-refractivity contribution is 4.85. The minimum atomic E-state index is 0.434. The van der Waals surface area contributed by atoms with Crippen LogP contribution in [0.15, 0.2) is 0 Å². The Morgan fingerprint density at radius 1 is 1.12 bits per heavy atom. The molecule has 2 rings (SSSR count). The van der Waals surface area contributed by atoms with Crippen LogP contribution in [0.3, 0.4) is 0 Å². The van der Waals surface area contributed by atoms with Crippen LogP contribution in [-0.4, -0.2) is 37.1 Å². The average molecular weight is 224 g/mol. The second-order valence-electron chi connectivity index (χ2n) is 6.78. The van der Waals surface area contributed by atoms with E-state index in [1.54, 1.807) is 0 Å². The summed E-state index contributed by atoms with van der Waals surface area (Å²) < 4.78 is 0. The summed E-state index contributed by atoms with van der Waals surface area (Å²) in [5.41, 5.74) is 0.434. The van der Waals surface area contributed by atoms with Crippen molar-refractivity contribution in [3.63, 3.8) is 0 Å². The lowest BCUT2D eigenvalue weighted by atomic mass is 9.90. The van der Waals surface area contributed by atoms with Crippen molar-refractivity contribution >= 4 is 0 Å². The highest BCUT2D eigenvalue weighted by Crippen LogP contribution is 2.24. The molecule has 0 aromatic carbocycles. The molecule has 1 saturated carbocycles. The zero-order valence-electron chi connectivity index (χ0n) is 11.3. The molecule has 2 heteroatoms. The zero-order chi connectivity index (χ0) is 11.6. The molecule has 2 aliphatic rings. The normalized spacial score (nSPS) is 24.9. The molecule has 0 aromatic heterocycles. The standard InChI is InChI=1S/C14H28N2/c1-12-6-8-16(9-7-12)11-14(2,3)10-15-13-4-5-13/h12-13,15H,4-11H2,1-3H3. The van der Waals surface area contributed by atoms with Gasteiger partial charge in [0.25, 0.3) is 0 Å². The molecule has 0 amide bonds. The third kappa shape index (κ3) is 4.06. The first-order chi connectivity index (χ1) is 7.55. The number of piperidine rings is 1. The maximum absolute atomic E-state index is 3.67. The Morgan fingerprint density at radius 2 is 1.75 bits per heavy atom. The summed E-state index contributed by atoms with van der Waals surface area (Å²) in [5, 5.41) is 3.67. The van der Waals surface area contributed by atoms with E-state index in [9.17, 15) is 0 Å². The molecule has 2 nitrogen and oxygen atoms in total. The highest BCUT2D eigenvalue weighted by atomic mass is 15.1. The fourth-order valence-corrected chi connectivity index (χ4v) is 2.59. The molecule has 1 aliphatic heterocycles. The SMILES string of the molecule is CC1CCN(CC(C)(C)CNC2CC2)CC1. The molecule has 0 bridgehead atoms. The van der Waals surface area contributed by atoms with E-state index in [2.05, 4.69) is 31.0 Å². The first-order valence-corrected chi connectivity index (χ1v) is 7.01. The predicted octanol–water partition coefficient (Wildman–Crippen LogP) is 2.50. The summed E-state index contributed by atoms with van der Waals surface area (Å²) >= 11 is 0. The largest absolute Gasteiger partial charge is 0.313 e. The Labute approximate surface area is 101 Å². The molecule has 1 aliphatic carbocycles. The van der Waals surface area contributed by atoms with Crippen LogP contribution in [0.25, 0.3) is 0 Å². The third-order valence-electron chi connectivity index (χ3n) is 3.97. The Balaban J connectivity index is 1.69. The van der Waals surface area contributed by atoms with Gasteiger partial charge in [-0.15, -0.1) is 0 Å². The van der Waals surface area contributed by atoms with Gasteiger partial charge in [-0.05, 0) is 50.1 Å². The van der Waals surface area contributed by atoms with Crippen LogP contribution in [0.1, 0.15) is 46.5 Å². The Hall–Kier alpha value is -0.0800.